The Bertz CT molecular complexity index is 299. The van der Waals surface area contributed by atoms with Crippen molar-refractivity contribution in [2.75, 3.05) is 6.54 Å². The van der Waals surface area contributed by atoms with Crippen LogP contribution < -0.4 is 11.1 Å². The highest BCUT2D eigenvalue weighted by Crippen LogP contribution is 2.33. The van der Waals surface area contributed by atoms with E-state index in [2.05, 4.69) is 5.32 Å². The van der Waals surface area contributed by atoms with Gasteiger partial charge in [0.25, 0.3) is 0 Å². The molecular formula is C13H24N2O3. The minimum atomic E-state index is -0.841. The van der Waals surface area contributed by atoms with Gasteiger partial charge in [-0.15, -0.1) is 0 Å². The number of rotatable bonds is 7. The van der Waals surface area contributed by atoms with Crippen molar-refractivity contribution in [2.45, 2.75) is 57.4 Å². The molecule has 0 aromatic rings. The SMILES string of the molecule is CC(CCCN)C(=O)NC1(CC(=O)O)CCCC1. The summed E-state index contributed by atoms with van der Waals surface area (Å²) >= 11 is 0. The highest BCUT2D eigenvalue weighted by Gasteiger charge is 2.38. The highest BCUT2D eigenvalue weighted by atomic mass is 16.4. The lowest BCUT2D eigenvalue weighted by molar-refractivity contribution is -0.139. The standard InChI is InChI=1S/C13H24N2O3/c1-10(5-4-8-14)12(18)15-13(9-11(16)17)6-2-3-7-13/h10H,2-9,14H2,1H3,(H,15,18)(H,16,17). The van der Waals surface area contributed by atoms with E-state index in [1.165, 1.54) is 0 Å². The van der Waals surface area contributed by atoms with Crippen LogP contribution >= 0.6 is 0 Å². The van der Waals surface area contributed by atoms with Crippen molar-refractivity contribution in [3.8, 4) is 0 Å². The third kappa shape index (κ3) is 4.29. The van der Waals surface area contributed by atoms with Gasteiger partial charge in [-0.3, -0.25) is 9.59 Å². The molecule has 5 nitrogen and oxygen atoms in total. The molecule has 5 heteroatoms. The highest BCUT2D eigenvalue weighted by molar-refractivity contribution is 5.80. The lowest BCUT2D eigenvalue weighted by Crippen LogP contribution is -2.49. The van der Waals surface area contributed by atoms with Crippen LogP contribution in [0.2, 0.25) is 0 Å². The smallest absolute Gasteiger partial charge is 0.305 e. The Labute approximate surface area is 108 Å². The molecule has 1 unspecified atom stereocenters. The molecule has 104 valence electrons. The third-order valence-electron chi connectivity index (χ3n) is 3.73. The van der Waals surface area contributed by atoms with Crippen LogP contribution in [0, 0.1) is 5.92 Å². The zero-order chi connectivity index (χ0) is 13.6. The molecule has 0 heterocycles. The molecule has 0 spiro atoms. The molecule has 0 radical (unpaired) electrons. The third-order valence-corrected chi connectivity index (χ3v) is 3.73. The van der Waals surface area contributed by atoms with E-state index in [0.29, 0.717) is 6.54 Å². The summed E-state index contributed by atoms with van der Waals surface area (Å²) in [6.45, 7) is 2.45. The first kappa shape index (κ1) is 15.0. The summed E-state index contributed by atoms with van der Waals surface area (Å²) in [5.74, 6) is -0.974. The molecule has 0 aliphatic heterocycles. The molecule has 1 fully saturated rings. The van der Waals surface area contributed by atoms with Crippen LogP contribution in [-0.4, -0.2) is 29.1 Å². The molecular weight excluding hydrogens is 232 g/mol. The number of carboxylic acid groups (broad SMARTS) is 1. The second kappa shape index (κ2) is 6.73. The van der Waals surface area contributed by atoms with Crippen molar-refractivity contribution < 1.29 is 14.7 Å². The van der Waals surface area contributed by atoms with E-state index >= 15 is 0 Å². The van der Waals surface area contributed by atoms with E-state index in [9.17, 15) is 9.59 Å². The van der Waals surface area contributed by atoms with Crippen molar-refractivity contribution in [1.82, 2.24) is 5.32 Å². The maximum Gasteiger partial charge on any atom is 0.305 e. The molecule has 1 saturated carbocycles. The lowest BCUT2D eigenvalue weighted by Gasteiger charge is -2.30. The quantitative estimate of drug-likeness (QED) is 0.639. The Morgan fingerprint density at radius 2 is 2.00 bits per heavy atom. The summed E-state index contributed by atoms with van der Waals surface area (Å²) in [6, 6.07) is 0. The predicted molar refractivity (Wildman–Crippen MR) is 69.0 cm³/mol. The Morgan fingerprint density at radius 3 is 2.50 bits per heavy atom. The van der Waals surface area contributed by atoms with Crippen LogP contribution in [0.25, 0.3) is 0 Å². The lowest BCUT2D eigenvalue weighted by atomic mass is 9.91. The van der Waals surface area contributed by atoms with Crippen LogP contribution in [0.4, 0.5) is 0 Å². The molecule has 0 bridgehead atoms. The fourth-order valence-corrected chi connectivity index (χ4v) is 2.63. The summed E-state index contributed by atoms with van der Waals surface area (Å²) in [5, 5.41) is 11.9. The van der Waals surface area contributed by atoms with Crippen molar-refractivity contribution >= 4 is 11.9 Å². The Morgan fingerprint density at radius 1 is 1.39 bits per heavy atom. The van der Waals surface area contributed by atoms with Crippen molar-refractivity contribution in [1.29, 1.82) is 0 Å². The van der Waals surface area contributed by atoms with E-state index in [1.54, 1.807) is 0 Å². The van der Waals surface area contributed by atoms with Crippen LogP contribution in [0.1, 0.15) is 51.9 Å². The first-order valence-electron chi connectivity index (χ1n) is 6.73. The van der Waals surface area contributed by atoms with E-state index in [0.717, 1.165) is 38.5 Å². The number of aliphatic carboxylic acids is 1. The summed E-state index contributed by atoms with van der Waals surface area (Å²) in [4.78, 5) is 23.0. The van der Waals surface area contributed by atoms with Gasteiger partial charge in [0, 0.05) is 5.92 Å². The maximum atomic E-state index is 12.0. The summed E-state index contributed by atoms with van der Waals surface area (Å²) in [6.07, 6.45) is 5.13. The van der Waals surface area contributed by atoms with Crippen LogP contribution in [-0.2, 0) is 9.59 Å². The number of nitrogens with one attached hydrogen (secondary N) is 1. The molecule has 1 rings (SSSR count). The minimum Gasteiger partial charge on any atom is -0.481 e. The van der Waals surface area contributed by atoms with Gasteiger partial charge in [-0.1, -0.05) is 19.8 Å². The van der Waals surface area contributed by atoms with Gasteiger partial charge in [-0.2, -0.15) is 0 Å². The Balaban J connectivity index is 2.55. The summed E-state index contributed by atoms with van der Waals surface area (Å²) in [5.41, 5.74) is 4.91. The van der Waals surface area contributed by atoms with Gasteiger partial charge in [-0.05, 0) is 32.2 Å². The number of carbonyl (C=O) groups is 2. The molecule has 0 saturated heterocycles. The Hall–Kier alpha value is -1.10. The van der Waals surface area contributed by atoms with Crippen LogP contribution in [0.5, 0.6) is 0 Å². The number of carbonyl (C=O) groups excluding carboxylic acids is 1. The summed E-state index contributed by atoms with van der Waals surface area (Å²) < 4.78 is 0. The van der Waals surface area contributed by atoms with Crippen molar-refractivity contribution in [3.63, 3.8) is 0 Å². The molecule has 1 amide bonds. The molecule has 0 aromatic carbocycles. The van der Waals surface area contributed by atoms with Gasteiger partial charge in [0.2, 0.25) is 5.91 Å². The van der Waals surface area contributed by atoms with Gasteiger partial charge >= 0.3 is 5.97 Å². The largest absolute Gasteiger partial charge is 0.481 e. The molecule has 4 N–H and O–H groups in total. The topological polar surface area (TPSA) is 92.4 Å². The van der Waals surface area contributed by atoms with E-state index in [-0.39, 0.29) is 18.2 Å². The average molecular weight is 256 g/mol. The fraction of sp³-hybridized carbons (Fsp3) is 0.846. The monoisotopic (exact) mass is 256 g/mol. The van der Waals surface area contributed by atoms with Gasteiger partial charge in [-0.25, -0.2) is 0 Å². The van der Waals surface area contributed by atoms with E-state index in [1.807, 2.05) is 6.92 Å². The Kier molecular flexibility index (Phi) is 5.59. The number of nitrogens with two attached hydrogens (primary N) is 1. The number of hydrogen-bond acceptors (Lipinski definition) is 3. The fourth-order valence-electron chi connectivity index (χ4n) is 2.63. The normalized spacial score (nSPS) is 19.4. The zero-order valence-electron chi connectivity index (χ0n) is 11.1. The molecule has 1 aliphatic carbocycles. The van der Waals surface area contributed by atoms with E-state index < -0.39 is 11.5 Å². The van der Waals surface area contributed by atoms with Gasteiger partial charge in [0.05, 0.1) is 12.0 Å². The van der Waals surface area contributed by atoms with E-state index in [4.69, 9.17) is 10.8 Å². The average Bonchev–Trinajstić information content (AvgIpc) is 2.72. The molecule has 1 aliphatic rings. The van der Waals surface area contributed by atoms with Gasteiger partial charge in [0.1, 0.15) is 0 Å². The molecule has 18 heavy (non-hydrogen) atoms. The second-order valence-corrected chi connectivity index (χ2v) is 5.38. The number of amides is 1. The first-order chi connectivity index (χ1) is 8.49. The van der Waals surface area contributed by atoms with Crippen molar-refractivity contribution in [2.24, 2.45) is 11.7 Å². The number of hydrogen-bond donors (Lipinski definition) is 3. The zero-order valence-corrected chi connectivity index (χ0v) is 11.1. The predicted octanol–water partition coefficient (Wildman–Crippen LogP) is 1.27. The summed E-state index contributed by atoms with van der Waals surface area (Å²) in [7, 11) is 0. The molecule has 0 aromatic heterocycles. The second-order valence-electron chi connectivity index (χ2n) is 5.38. The van der Waals surface area contributed by atoms with Gasteiger partial charge < -0.3 is 16.2 Å². The first-order valence-corrected chi connectivity index (χ1v) is 6.73. The maximum absolute atomic E-state index is 12.0. The van der Waals surface area contributed by atoms with Crippen LogP contribution in [0.3, 0.4) is 0 Å². The number of carboxylic acids is 1. The van der Waals surface area contributed by atoms with Crippen LogP contribution in [0.15, 0.2) is 0 Å². The van der Waals surface area contributed by atoms with Gasteiger partial charge in [0.15, 0.2) is 0 Å². The van der Waals surface area contributed by atoms with Crippen molar-refractivity contribution in [3.05, 3.63) is 0 Å². The minimum absolute atomic E-state index is 0.0301. The molecule has 1 atom stereocenters.